The minimum Gasteiger partial charge on any atom is -0.497 e. The second-order valence-corrected chi connectivity index (χ2v) is 7.92. The van der Waals surface area contributed by atoms with E-state index in [1.54, 1.807) is 13.2 Å². The summed E-state index contributed by atoms with van der Waals surface area (Å²) < 4.78 is 47.6. The molecule has 0 spiro atoms. The van der Waals surface area contributed by atoms with E-state index in [4.69, 9.17) is 16.3 Å². The number of rotatable bonds is 3. The van der Waals surface area contributed by atoms with Gasteiger partial charge in [0, 0.05) is 11.9 Å². The van der Waals surface area contributed by atoms with Gasteiger partial charge in [-0.15, -0.1) is 10.2 Å². The molecule has 0 saturated heterocycles. The van der Waals surface area contributed by atoms with Crippen molar-refractivity contribution in [3.63, 3.8) is 0 Å². The summed E-state index contributed by atoms with van der Waals surface area (Å²) in [7, 11) is 1.58. The van der Waals surface area contributed by atoms with Gasteiger partial charge in [0.1, 0.15) is 11.3 Å². The Morgan fingerprint density at radius 1 is 1.03 bits per heavy atom. The molecule has 5 aromatic rings. The molecule has 7 nitrogen and oxygen atoms in total. The Morgan fingerprint density at radius 2 is 1.76 bits per heavy atom. The molecular formula is C23H15ClF3N5O2. The summed E-state index contributed by atoms with van der Waals surface area (Å²) in [5.74, 6) is 0.700. The molecule has 11 heteroatoms. The summed E-state index contributed by atoms with van der Waals surface area (Å²) in [5, 5.41) is 12.4. The van der Waals surface area contributed by atoms with E-state index in [1.807, 2.05) is 31.2 Å². The molecule has 3 aromatic heterocycles. The monoisotopic (exact) mass is 485 g/mol. The van der Waals surface area contributed by atoms with Gasteiger partial charge in [-0.2, -0.15) is 18.3 Å². The molecule has 3 heterocycles. The lowest BCUT2D eigenvalue weighted by Crippen LogP contribution is -2.20. The second-order valence-electron chi connectivity index (χ2n) is 7.51. The van der Waals surface area contributed by atoms with E-state index in [1.165, 1.54) is 16.8 Å². The smallest absolute Gasteiger partial charge is 0.417 e. The first-order valence-electron chi connectivity index (χ1n) is 9.98. The molecule has 0 fully saturated rings. The first kappa shape index (κ1) is 21.9. The standard InChI is InChI=1S/C23H15ClF3N5O2/c1-12-19(13-3-6-15(34-2)7-4-13)21-29-28-20-18(32(21)30-12)9-10-31(22(20)33)14-5-8-17(24)16(11-14)23(25,26)27/h3-11H,1-2H3. The quantitative estimate of drug-likeness (QED) is 0.356. The van der Waals surface area contributed by atoms with Crippen LogP contribution in [0.15, 0.2) is 59.5 Å². The van der Waals surface area contributed by atoms with Crippen LogP contribution in [0.5, 0.6) is 5.75 Å². The maximum absolute atomic E-state index is 13.3. The van der Waals surface area contributed by atoms with Crippen molar-refractivity contribution in [2.24, 2.45) is 0 Å². The number of hydrogen-bond acceptors (Lipinski definition) is 5. The van der Waals surface area contributed by atoms with Gasteiger partial charge in [0.25, 0.3) is 5.56 Å². The van der Waals surface area contributed by atoms with E-state index in [-0.39, 0.29) is 11.2 Å². The van der Waals surface area contributed by atoms with Crippen LogP contribution in [0.4, 0.5) is 13.2 Å². The Bertz CT molecular complexity index is 1630. The molecule has 0 saturated carbocycles. The Balaban J connectivity index is 1.69. The largest absolute Gasteiger partial charge is 0.497 e. The summed E-state index contributed by atoms with van der Waals surface area (Å²) in [6.07, 6.45) is -3.29. The van der Waals surface area contributed by atoms with Gasteiger partial charge < -0.3 is 4.74 Å². The number of benzene rings is 2. The number of fused-ring (bicyclic) bond motifs is 3. The number of hydrogen-bond donors (Lipinski definition) is 0. The van der Waals surface area contributed by atoms with Crippen molar-refractivity contribution in [3.05, 3.63) is 81.4 Å². The van der Waals surface area contributed by atoms with E-state index in [2.05, 4.69) is 15.3 Å². The maximum Gasteiger partial charge on any atom is 0.417 e. The number of halogens is 4. The van der Waals surface area contributed by atoms with E-state index in [9.17, 15) is 18.0 Å². The highest BCUT2D eigenvalue weighted by molar-refractivity contribution is 6.31. The SMILES string of the molecule is COc1ccc(-c2c(C)nn3c2nnc2c(=O)n(-c4ccc(Cl)c(C(F)(F)F)c4)ccc23)cc1. The highest BCUT2D eigenvalue weighted by atomic mass is 35.5. The molecule has 34 heavy (non-hydrogen) atoms. The molecule has 0 aliphatic heterocycles. The minimum atomic E-state index is -4.66. The van der Waals surface area contributed by atoms with Crippen molar-refractivity contribution in [3.8, 4) is 22.6 Å². The first-order valence-corrected chi connectivity index (χ1v) is 10.4. The predicted octanol–water partition coefficient (Wildman–Crippen LogP) is 5.08. The fraction of sp³-hybridized carbons (Fsp3) is 0.130. The van der Waals surface area contributed by atoms with Gasteiger partial charge >= 0.3 is 6.18 Å². The van der Waals surface area contributed by atoms with Crippen LogP contribution in [-0.4, -0.2) is 31.5 Å². The summed E-state index contributed by atoms with van der Waals surface area (Å²) in [4.78, 5) is 13.1. The molecule has 0 radical (unpaired) electrons. The highest BCUT2D eigenvalue weighted by Crippen LogP contribution is 2.36. The van der Waals surface area contributed by atoms with Crippen LogP contribution < -0.4 is 10.3 Å². The lowest BCUT2D eigenvalue weighted by molar-refractivity contribution is -0.137. The average molecular weight is 486 g/mol. The van der Waals surface area contributed by atoms with Crippen LogP contribution in [0.1, 0.15) is 11.3 Å². The Labute approximate surface area is 195 Å². The first-order chi connectivity index (χ1) is 16.2. The number of aromatic nitrogens is 5. The van der Waals surface area contributed by atoms with Gasteiger partial charge in [0.05, 0.1) is 29.0 Å². The number of alkyl halides is 3. The molecule has 5 rings (SSSR count). The number of aryl methyl sites for hydroxylation is 1. The van der Waals surface area contributed by atoms with Crippen LogP contribution in [-0.2, 0) is 6.18 Å². The molecule has 0 atom stereocenters. The molecule has 0 aliphatic rings. The van der Waals surface area contributed by atoms with Crippen molar-refractivity contribution < 1.29 is 17.9 Å². The average Bonchev–Trinajstić information content (AvgIpc) is 3.15. The van der Waals surface area contributed by atoms with Crippen molar-refractivity contribution in [2.75, 3.05) is 7.11 Å². The normalized spacial score (nSPS) is 11.9. The molecule has 0 unspecified atom stereocenters. The number of ether oxygens (including phenoxy) is 1. The molecule has 0 amide bonds. The van der Waals surface area contributed by atoms with Gasteiger partial charge in [0.2, 0.25) is 0 Å². The second kappa shape index (κ2) is 7.84. The fourth-order valence-corrected chi connectivity index (χ4v) is 4.06. The molecule has 0 N–H and O–H groups in total. The minimum absolute atomic E-state index is 0.00101. The van der Waals surface area contributed by atoms with Gasteiger partial charge in [-0.25, -0.2) is 4.52 Å². The van der Waals surface area contributed by atoms with E-state index >= 15 is 0 Å². The maximum atomic E-state index is 13.3. The van der Waals surface area contributed by atoms with Crippen molar-refractivity contribution in [1.29, 1.82) is 0 Å². The van der Waals surface area contributed by atoms with Crippen LogP contribution in [0.3, 0.4) is 0 Å². The van der Waals surface area contributed by atoms with Crippen LogP contribution in [0.25, 0.3) is 33.5 Å². The van der Waals surface area contributed by atoms with Crippen LogP contribution in [0.2, 0.25) is 5.02 Å². The van der Waals surface area contributed by atoms with Gasteiger partial charge in [-0.3, -0.25) is 9.36 Å². The summed E-state index contributed by atoms with van der Waals surface area (Å²) in [5.41, 5.74) is 1.36. The summed E-state index contributed by atoms with van der Waals surface area (Å²) in [6, 6.07) is 12.2. The Kier molecular flexibility index (Phi) is 5.05. The lowest BCUT2D eigenvalue weighted by atomic mass is 10.1. The van der Waals surface area contributed by atoms with Gasteiger partial charge in [0.15, 0.2) is 11.2 Å². The van der Waals surface area contributed by atoms with E-state index in [0.717, 1.165) is 27.8 Å². The van der Waals surface area contributed by atoms with Crippen molar-refractivity contribution >= 4 is 28.3 Å². The Morgan fingerprint density at radius 3 is 2.44 bits per heavy atom. The van der Waals surface area contributed by atoms with Crippen molar-refractivity contribution in [2.45, 2.75) is 13.1 Å². The third-order valence-corrected chi connectivity index (χ3v) is 5.80. The topological polar surface area (TPSA) is 74.3 Å². The molecule has 2 aromatic carbocycles. The number of nitrogens with zero attached hydrogens (tertiary/aromatic N) is 5. The number of pyridine rings is 1. The van der Waals surface area contributed by atoms with Gasteiger partial charge in [-0.1, -0.05) is 23.7 Å². The molecule has 172 valence electrons. The zero-order valence-electron chi connectivity index (χ0n) is 17.8. The van der Waals surface area contributed by atoms with Crippen LogP contribution >= 0.6 is 11.6 Å². The fourth-order valence-electron chi connectivity index (χ4n) is 3.83. The van der Waals surface area contributed by atoms with Gasteiger partial charge in [-0.05, 0) is 48.9 Å². The summed E-state index contributed by atoms with van der Waals surface area (Å²) in [6.45, 7) is 1.81. The highest BCUT2D eigenvalue weighted by Gasteiger charge is 2.33. The molecule has 0 bridgehead atoms. The molecule has 0 aliphatic carbocycles. The van der Waals surface area contributed by atoms with E-state index < -0.39 is 22.3 Å². The number of methoxy groups -OCH3 is 1. The van der Waals surface area contributed by atoms with E-state index in [0.29, 0.717) is 22.6 Å². The molecular weight excluding hydrogens is 471 g/mol. The summed E-state index contributed by atoms with van der Waals surface area (Å²) >= 11 is 5.70. The zero-order chi connectivity index (χ0) is 24.2. The third kappa shape index (κ3) is 3.47. The lowest BCUT2D eigenvalue weighted by Gasteiger charge is -2.12. The third-order valence-electron chi connectivity index (χ3n) is 5.47. The van der Waals surface area contributed by atoms with Crippen LogP contribution in [0, 0.1) is 6.92 Å². The zero-order valence-corrected chi connectivity index (χ0v) is 18.5. The van der Waals surface area contributed by atoms with Crippen molar-refractivity contribution in [1.82, 2.24) is 24.4 Å². The Hall–Kier alpha value is -3.92. The predicted molar refractivity (Wildman–Crippen MR) is 121 cm³/mol.